The Hall–Kier alpha value is -3.15. The van der Waals surface area contributed by atoms with E-state index in [0.717, 1.165) is 24.8 Å². The van der Waals surface area contributed by atoms with Crippen LogP contribution in [0.25, 0.3) is 0 Å². The number of aryl methyl sites for hydroxylation is 2. The minimum absolute atomic E-state index is 0.00128. The number of fused-ring (bicyclic) bond motifs is 1. The minimum Gasteiger partial charge on any atom is -0.482 e. The highest BCUT2D eigenvalue weighted by molar-refractivity contribution is 5.98. The predicted molar refractivity (Wildman–Crippen MR) is 108 cm³/mol. The third-order valence-corrected chi connectivity index (χ3v) is 5.12. The van der Waals surface area contributed by atoms with E-state index in [4.69, 9.17) is 9.84 Å². The minimum atomic E-state index is -1.03. The molecule has 0 spiro atoms. The van der Waals surface area contributed by atoms with Crippen LogP contribution in [0.2, 0.25) is 0 Å². The Kier molecular flexibility index (Phi) is 6.65. The number of carboxylic acid groups (broad SMARTS) is 1. The smallest absolute Gasteiger partial charge is 0.341 e. The van der Waals surface area contributed by atoms with Crippen molar-refractivity contribution in [1.82, 2.24) is 4.90 Å². The second-order valence-corrected chi connectivity index (χ2v) is 7.34. The van der Waals surface area contributed by atoms with E-state index in [0.29, 0.717) is 17.9 Å². The van der Waals surface area contributed by atoms with Gasteiger partial charge in [0.25, 0.3) is 0 Å². The number of nitrogens with zero attached hydrogens (tertiary/aromatic N) is 1. The number of carboxylic acids is 1. The van der Waals surface area contributed by atoms with E-state index in [1.54, 1.807) is 36.2 Å². The Morgan fingerprint density at radius 1 is 1.00 bits per heavy atom. The van der Waals surface area contributed by atoms with Gasteiger partial charge < -0.3 is 14.7 Å². The maximum atomic E-state index is 12.5. The molecule has 0 saturated carbocycles. The van der Waals surface area contributed by atoms with Crippen LogP contribution in [0.5, 0.6) is 5.75 Å². The second kappa shape index (κ2) is 9.37. The van der Waals surface area contributed by atoms with Crippen LogP contribution < -0.4 is 4.74 Å². The summed E-state index contributed by atoms with van der Waals surface area (Å²) < 4.78 is 5.09. The summed E-state index contributed by atoms with van der Waals surface area (Å²) >= 11 is 0. The maximum absolute atomic E-state index is 12.5. The zero-order valence-corrected chi connectivity index (χ0v) is 16.5. The zero-order valence-electron chi connectivity index (χ0n) is 16.5. The van der Waals surface area contributed by atoms with Gasteiger partial charge in [-0.25, -0.2) is 4.79 Å². The van der Waals surface area contributed by atoms with Crippen LogP contribution in [0.4, 0.5) is 0 Å². The highest BCUT2D eigenvalue weighted by Crippen LogP contribution is 2.23. The van der Waals surface area contributed by atoms with Gasteiger partial charge in [-0.15, -0.1) is 0 Å². The van der Waals surface area contributed by atoms with Crippen molar-refractivity contribution in [1.29, 1.82) is 0 Å². The normalized spacial score (nSPS) is 12.3. The molecule has 3 rings (SSSR count). The topological polar surface area (TPSA) is 83.9 Å². The first kappa shape index (κ1) is 20.6. The molecule has 0 aromatic heterocycles. The van der Waals surface area contributed by atoms with Gasteiger partial charge in [-0.1, -0.05) is 24.3 Å². The SMILES string of the molecule is CN(Cc1ccc(OCC(=O)O)cc1)C(=O)CCC(=O)c1ccc2c(c1)CCC2. The molecule has 0 heterocycles. The van der Waals surface area contributed by atoms with Crippen LogP contribution in [-0.4, -0.2) is 41.3 Å². The number of aliphatic carboxylic acids is 1. The lowest BCUT2D eigenvalue weighted by molar-refractivity contribution is -0.139. The van der Waals surface area contributed by atoms with Gasteiger partial charge in [-0.3, -0.25) is 9.59 Å². The first-order valence-electron chi connectivity index (χ1n) is 9.75. The summed E-state index contributed by atoms with van der Waals surface area (Å²) in [5, 5.41) is 8.62. The summed E-state index contributed by atoms with van der Waals surface area (Å²) in [6.07, 6.45) is 3.62. The van der Waals surface area contributed by atoms with Crippen LogP contribution in [0.3, 0.4) is 0 Å². The fourth-order valence-corrected chi connectivity index (χ4v) is 3.50. The summed E-state index contributed by atoms with van der Waals surface area (Å²) in [5.41, 5.74) is 4.18. The molecule has 0 fully saturated rings. The molecule has 0 saturated heterocycles. The van der Waals surface area contributed by atoms with E-state index in [1.807, 2.05) is 18.2 Å². The molecule has 1 aliphatic carbocycles. The number of ether oxygens (including phenoxy) is 1. The first-order valence-corrected chi connectivity index (χ1v) is 9.75. The molecule has 0 aliphatic heterocycles. The number of Topliss-reactive ketones (excluding diaryl/α,β-unsaturated/α-hetero) is 1. The van der Waals surface area contributed by atoms with E-state index in [2.05, 4.69) is 0 Å². The third kappa shape index (κ3) is 5.67. The van der Waals surface area contributed by atoms with Crippen molar-refractivity contribution in [3.8, 4) is 5.75 Å². The van der Waals surface area contributed by atoms with E-state index >= 15 is 0 Å². The average Bonchev–Trinajstić information content (AvgIpc) is 3.19. The Morgan fingerprint density at radius 3 is 2.45 bits per heavy atom. The Bertz CT molecular complexity index is 904. The van der Waals surface area contributed by atoms with Gasteiger partial charge >= 0.3 is 5.97 Å². The van der Waals surface area contributed by atoms with Crippen LogP contribution in [0.15, 0.2) is 42.5 Å². The second-order valence-electron chi connectivity index (χ2n) is 7.34. The number of hydrogen-bond acceptors (Lipinski definition) is 4. The largest absolute Gasteiger partial charge is 0.482 e. The number of carbonyl (C=O) groups excluding carboxylic acids is 2. The molecule has 1 aliphatic rings. The molecule has 0 unspecified atom stereocenters. The standard InChI is InChI=1S/C23H25NO5/c1-24(14-16-5-9-20(10-6-16)29-15-23(27)28)22(26)12-11-21(25)19-8-7-17-3-2-4-18(17)13-19/h5-10,13H,2-4,11-12,14-15H2,1H3,(H,27,28). The lowest BCUT2D eigenvalue weighted by Gasteiger charge is -2.17. The summed E-state index contributed by atoms with van der Waals surface area (Å²) in [6.45, 7) is 0.0149. The molecule has 6 nitrogen and oxygen atoms in total. The van der Waals surface area contributed by atoms with Gasteiger partial charge in [0.15, 0.2) is 12.4 Å². The third-order valence-electron chi connectivity index (χ3n) is 5.12. The van der Waals surface area contributed by atoms with Crippen molar-refractivity contribution < 1.29 is 24.2 Å². The summed E-state index contributed by atoms with van der Waals surface area (Å²) in [4.78, 5) is 37.0. The van der Waals surface area contributed by atoms with E-state index in [-0.39, 0.29) is 24.5 Å². The molecule has 6 heteroatoms. The number of carbonyl (C=O) groups is 3. The molecule has 0 radical (unpaired) electrons. The first-order chi connectivity index (χ1) is 13.9. The van der Waals surface area contributed by atoms with Gasteiger partial charge in [0.05, 0.1) is 0 Å². The average molecular weight is 395 g/mol. The predicted octanol–water partition coefficient (Wildman–Crippen LogP) is 3.26. The number of amides is 1. The van der Waals surface area contributed by atoms with Gasteiger partial charge in [0.2, 0.25) is 5.91 Å². The van der Waals surface area contributed by atoms with E-state index in [9.17, 15) is 14.4 Å². The lowest BCUT2D eigenvalue weighted by atomic mass is 10.0. The lowest BCUT2D eigenvalue weighted by Crippen LogP contribution is -2.26. The number of rotatable bonds is 9. The number of benzene rings is 2. The molecular weight excluding hydrogens is 370 g/mol. The Labute approximate surface area is 170 Å². The van der Waals surface area contributed by atoms with E-state index < -0.39 is 12.6 Å². The fourth-order valence-electron chi connectivity index (χ4n) is 3.50. The monoisotopic (exact) mass is 395 g/mol. The van der Waals surface area contributed by atoms with Gasteiger partial charge in [0, 0.05) is 32.0 Å². The van der Waals surface area contributed by atoms with Crippen LogP contribution in [-0.2, 0) is 29.0 Å². The summed E-state index contributed by atoms with van der Waals surface area (Å²) in [5.74, 6) is -0.661. The van der Waals surface area contributed by atoms with Crippen molar-refractivity contribution in [3.63, 3.8) is 0 Å². The molecule has 152 valence electrons. The molecule has 0 bridgehead atoms. The van der Waals surface area contributed by atoms with Gasteiger partial charge in [0.1, 0.15) is 5.75 Å². The van der Waals surface area contributed by atoms with Gasteiger partial charge in [-0.2, -0.15) is 0 Å². The molecule has 0 atom stereocenters. The van der Waals surface area contributed by atoms with E-state index in [1.165, 1.54) is 11.1 Å². The zero-order chi connectivity index (χ0) is 20.8. The highest BCUT2D eigenvalue weighted by atomic mass is 16.5. The van der Waals surface area contributed by atoms with Gasteiger partial charge in [-0.05, 0) is 54.2 Å². The van der Waals surface area contributed by atoms with Crippen molar-refractivity contribution in [2.24, 2.45) is 0 Å². The molecule has 1 amide bonds. The molecule has 29 heavy (non-hydrogen) atoms. The highest BCUT2D eigenvalue weighted by Gasteiger charge is 2.16. The van der Waals surface area contributed by atoms with Crippen LogP contribution in [0.1, 0.15) is 46.3 Å². The quantitative estimate of drug-likeness (QED) is 0.659. The van der Waals surface area contributed by atoms with Crippen molar-refractivity contribution in [3.05, 3.63) is 64.7 Å². The molecular formula is C23H25NO5. The maximum Gasteiger partial charge on any atom is 0.341 e. The summed E-state index contributed by atoms with van der Waals surface area (Å²) in [6, 6.07) is 12.8. The van der Waals surface area contributed by atoms with Crippen molar-refractivity contribution in [2.75, 3.05) is 13.7 Å². The Balaban J connectivity index is 1.47. The Morgan fingerprint density at radius 2 is 1.72 bits per heavy atom. The van der Waals surface area contributed by atoms with Crippen LogP contribution in [0, 0.1) is 0 Å². The van der Waals surface area contributed by atoms with Crippen molar-refractivity contribution >= 4 is 17.7 Å². The van der Waals surface area contributed by atoms with Crippen molar-refractivity contribution in [2.45, 2.75) is 38.6 Å². The fraction of sp³-hybridized carbons (Fsp3) is 0.348. The summed E-state index contributed by atoms with van der Waals surface area (Å²) in [7, 11) is 1.71. The molecule has 2 aromatic rings. The molecule has 2 aromatic carbocycles. The van der Waals surface area contributed by atoms with Crippen LogP contribution >= 0.6 is 0 Å². The number of hydrogen-bond donors (Lipinski definition) is 1. The number of ketones is 1. The molecule has 1 N–H and O–H groups in total.